The predicted molar refractivity (Wildman–Crippen MR) is 135 cm³/mol. The molecule has 5 amide bonds. The molecule has 14 nitrogen and oxygen atoms in total. The van der Waals surface area contributed by atoms with E-state index < -0.39 is 84.7 Å². The minimum absolute atomic E-state index is 0.0289. The number of hydrogen-bond acceptors (Lipinski definition) is 8. The molecule has 0 aliphatic rings. The lowest BCUT2D eigenvalue weighted by atomic mass is 10.0. The molecule has 38 heavy (non-hydrogen) atoms. The molecular weight excluding hydrogens is 500 g/mol. The number of aliphatic hydroxyl groups excluding tert-OH is 1. The Labute approximate surface area is 219 Å². The molecule has 0 saturated carbocycles. The number of nitrogens with two attached hydrogens (primary N) is 2. The number of rotatable bonds is 15. The Hall–Kier alpha value is -4.04. The van der Waals surface area contributed by atoms with Crippen LogP contribution in [0.2, 0.25) is 0 Å². The summed E-state index contributed by atoms with van der Waals surface area (Å²) in [6.45, 7) is 4.00. The van der Waals surface area contributed by atoms with Crippen molar-refractivity contribution in [3.8, 4) is 0 Å². The van der Waals surface area contributed by atoms with Crippen molar-refractivity contribution in [1.29, 1.82) is 0 Å². The number of carbonyl (C=O) groups excluding carboxylic acids is 5. The fraction of sp³-hybridized carbons (Fsp3) is 0.500. The van der Waals surface area contributed by atoms with Gasteiger partial charge in [-0.2, -0.15) is 0 Å². The molecule has 1 aromatic rings. The maximum absolute atomic E-state index is 13.1. The van der Waals surface area contributed by atoms with Crippen LogP contribution in [0.1, 0.15) is 32.8 Å². The molecule has 0 unspecified atom stereocenters. The first-order valence-electron chi connectivity index (χ1n) is 11.9. The highest BCUT2D eigenvalue weighted by molar-refractivity contribution is 5.96. The Balaban J connectivity index is 3.06. The monoisotopic (exact) mass is 536 g/mol. The van der Waals surface area contributed by atoms with E-state index in [4.69, 9.17) is 16.6 Å². The SMILES string of the molecule is CC(C)[C@H](NC(=O)[C@@H](N)CO)C(=O)N[C@@H](Cc1ccccc1)C(=O)N[C@@H](C)C(=O)N[C@@H](CC(N)=O)C(=O)O. The van der Waals surface area contributed by atoms with Gasteiger partial charge in [0.2, 0.25) is 29.5 Å². The van der Waals surface area contributed by atoms with Gasteiger partial charge in [-0.3, -0.25) is 24.0 Å². The number of carboxylic acid groups (broad SMARTS) is 1. The molecule has 0 aromatic heterocycles. The molecule has 0 radical (unpaired) electrons. The number of amides is 5. The summed E-state index contributed by atoms with van der Waals surface area (Å²) in [7, 11) is 0. The normalized spacial score (nSPS) is 14.8. The summed E-state index contributed by atoms with van der Waals surface area (Å²) in [6, 6.07) is 2.36. The molecule has 0 heterocycles. The third-order valence-corrected chi connectivity index (χ3v) is 5.47. The third-order valence-electron chi connectivity index (χ3n) is 5.47. The number of carbonyl (C=O) groups is 6. The smallest absolute Gasteiger partial charge is 0.326 e. The van der Waals surface area contributed by atoms with E-state index in [2.05, 4.69) is 21.3 Å². The fourth-order valence-electron chi connectivity index (χ4n) is 3.28. The van der Waals surface area contributed by atoms with Crippen molar-refractivity contribution in [3.05, 3.63) is 35.9 Å². The molecule has 5 atom stereocenters. The van der Waals surface area contributed by atoms with Crippen LogP contribution >= 0.6 is 0 Å². The van der Waals surface area contributed by atoms with Crippen LogP contribution in [0.4, 0.5) is 0 Å². The van der Waals surface area contributed by atoms with Gasteiger partial charge < -0.3 is 42.9 Å². The molecule has 1 aromatic carbocycles. The van der Waals surface area contributed by atoms with Gasteiger partial charge in [0, 0.05) is 6.42 Å². The summed E-state index contributed by atoms with van der Waals surface area (Å²) >= 11 is 0. The standard InChI is InChI=1S/C24H36N6O8/c1-12(2)19(30-21(34)15(25)11-31)23(36)28-16(9-14-7-5-4-6-8-14)22(35)27-13(3)20(33)29-17(24(37)38)10-18(26)32/h4-8,12-13,15-17,19,31H,9-11,25H2,1-3H3,(H2,26,32)(H,27,35)(H,28,36)(H,29,33)(H,30,34)(H,37,38)/t13-,15-,16-,17-,19-/m0/s1. The zero-order valence-electron chi connectivity index (χ0n) is 21.5. The Morgan fingerprint density at radius 3 is 1.89 bits per heavy atom. The number of primary amides is 1. The topological polar surface area (TPSA) is 243 Å². The largest absolute Gasteiger partial charge is 0.480 e. The van der Waals surface area contributed by atoms with E-state index in [0.29, 0.717) is 5.56 Å². The summed E-state index contributed by atoms with van der Waals surface area (Å²) in [4.78, 5) is 73.2. The van der Waals surface area contributed by atoms with Crippen LogP contribution in [0, 0.1) is 5.92 Å². The zero-order chi connectivity index (χ0) is 29.0. The van der Waals surface area contributed by atoms with Crippen molar-refractivity contribution < 1.29 is 39.0 Å². The van der Waals surface area contributed by atoms with Crippen molar-refractivity contribution in [1.82, 2.24) is 21.3 Å². The van der Waals surface area contributed by atoms with E-state index in [1.807, 2.05) is 0 Å². The van der Waals surface area contributed by atoms with Gasteiger partial charge in [0.05, 0.1) is 13.0 Å². The van der Waals surface area contributed by atoms with Crippen molar-refractivity contribution in [3.63, 3.8) is 0 Å². The summed E-state index contributed by atoms with van der Waals surface area (Å²) in [6.07, 6.45) is -0.613. The number of carboxylic acids is 1. The lowest BCUT2D eigenvalue weighted by Gasteiger charge is -2.27. The van der Waals surface area contributed by atoms with E-state index in [-0.39, 0.29) is 6.42 Å². The van der Waals surface area contributed by atoms with Gasteiger partial charge in [0.15, 0.2) is 0 Å². The second-order valence-electron chi connectivity index (χ2n) is 9.07. The third kappa shape index (κ3) is 10.5. The molecule has 0 spiro atoms. The van der Waals surface area contributed by atoms with Crippen molar-refractivity contribution >= 4 is 35.5 Å². The van der Waals surface area contributed by atoms with Gasteiger partial charge in [-0.05, 0) is 18.4 Å². The molecule has 0 saturated heterocycles. The number of aliphatic carboxylic acids is 1. The minimum Gasteiger partial charge on any atom is -0.480 e. The van der Waals surface area contributed by atoms with E-state index >= 15 is 0 Å². The first-order chi connectivity index (χ1) is 17.8. The van der Waals surface area contributed by atoms with Crippen LogP contribution < -0.4 is 32.7 Å². The van der Waals surface area contributed by atoms with Crippen LogP contribution in [-0.2, 0) is 35.2 Å². The van der Waals surface area contributed by atoms with Crippen LogP contribution in [0.5, 0.6) is 0 Å². The summed E-state index contributed by atoms with van der Waals surface area (Å²) in [5.41, 5.74) is 11.2. The van der Waals surface area contributed by atoms with Gasteiger partial charge >= 0.3 is 5.97 Å². The maximum Gasteiger partial charge on any atom is 0.326 e. The molecule has 14 heteroatoms. The highest BCUT2D eigenvalue weighted by Gasteiger charge is 2.32. The minimum atomic E-state index is -1.58. The molecular formula is C24H36N6O8. The Morgan fingerprint density at radius 2 is 1.39 bits per heavy atom. The lowest BCUT2D eigenvalue weighted by Crippen LogP contribution is -2.59. The summed E-state index contributed by atoms with van der Waals surface area (Å²) in [5, 5.41) is 27.9. The van der Waals surface area contributed by atoms with Crippen LogP contribution in [0.3, 0.4) is 0 Å². The fourth-order valence-corrected chi connectivity index (χ4v) is 3.28. The highest BCUT2D eigenvalue weighted by Crippen LogP contribution is 2.08. The lowest BCUT2D eigenvalue weighted by molar-refractivity contribution is -0.143. The van der Waals surface area contributed by atoms with E-state index in [1.165, 1.54) is 6.92 Å². The highest BCUT2D eigenvalue weighted by atomic mass is 16.4. The number of aliphatic hydroxyl groups is 1. The molecule has 10 N–H and O–H groups in total. The number of nitrogens with one attached hydrogen (secondary N) is 4. The molecule has 1 rings (SSSR count). The van der Waals surface area contributed by atoms with E-state index in [9.17, 15) is 33.9 Å². The van der Waals surface area contributed by atoms with Gasteiger partial charge in [0.25, 0.3) is 0 Å². The molecule has 0 aliphatic heterocycles. The number of hydrogen-bond donors (Lipinski definition) is 8. The average molecular weight is 537 g/mol. The summed E-state index contributed by atoms with van der Waals surface area (Å²) < 4.78 is 0. The second-order valence-corrected chi connectivity index (χ2v) is 9.07. The molecule has 0 bridgehead atoms. The van der Waals surface area contributed by atoms with E-state index in [0.717, 1.165) is 0 Å². The van der Waals surface area contributed by atoms with Gasteiger partial charge in [-0.1, -0.05) is 44.2 Å². The quantitative estimate of drug-likeness (QED) is 0.115. The van der Waals surface area contributed by atoms with Crippen molar-refractivity contribution in [2.45, 2.75) is 63.8 Å². The molecule has 0 aliphatic carbocycles. The van der Waals surface area contributed by atoms with Crippen molar-refractivity contribution in [2.75, 3.05) is 6.61 Å². The Morgan fingerprint density at radius 1 is 0.816 bits per heavy atom. The zero-order valence-corrected chi connectivity index (χ0v) is 21.5. The first kappa shape index (κ1) is 32.0. The van der Waals surface area contributed by atoms with Gasteiger partial charge in [-0.15, -0.1) is 0 Å². The van der Waals surface area contributed by atoms with Crippen molar-refractivity contribution in [2.24, 2.45) is 17.4 Å². The molecule has 210 valence electrons. The predicted octanol–water partition coefficient (Wildman–Crippen LogP) is -2.88. The second kappa shape index (κ2) is 15.3. The Bertz CT molecular complexity index is 1000. The Kier molecular flexibility index (Phi) is 12.9. The van der Waals surface area contributed by atoms with Gasteiger partial charge in [0.1, 0.15) is 30.2 Å². The van der Waals surface area contributed by atoms with Gasteiger partial charge in [-0.25, -0.2) is 4.79 Å². The molecule has 0 fully saturated rings. The summed E-state index contributed by atoms with van der Waals surface area (Å²) in [5.74, 6) is -5.92. The van der Waals surface area contributed by atoms with Crippen LogP contribution in [0.15, 0.2) is 30.3 Å². The van der Waals surface area contributed by atoms with Crippen LogP contribution in [0.25, 0.3) is 0 Å². The number of benzene rings is 1. The average Bonchev–Trinajstić information content (AvgIpc) is 2.85. The maximum atomic E-state index is 13.1. The van der Waals surface area contributed by atoms with E-state index in [1.54, 1.807) is 44.2 Å². The first-order valence-corrected chi connectivity index (χ1v) is 11.9. The van der Waals surface area contributed by atoms with Crippen LogP contribution in [-0.4, -0.2) is 82.5 Å².